The molecule has 1 atom stereocenters. The molecule has 0 bridgehead atoms. The lowest BCUT2D eigenvalue weighted by Crippen LogP contribution is -2.17. The fraction of sp³-hybridized carbons (Fsp3) is 0.231. The highest BCUT2D eigenvalue weighted by Crippen LogP contribution is 2.16. The average molecular weight is 250 g/mol. The van der Waals surface area contributed by atoms with Gasteiger partial charge in [-0.25, -0.2) is 0 Å². The number of Topliss-reactive ketones (excluding diaryl/α,β-unsaturated/α-hetero) is 1. The van der Waals surface area contributed by atoms with E-state index in [2.05, 4.69) is 19.2 Å². The molecule has 0 saturated carbocycles. The lowest BCUT2D eigenvalue weighted by atomic mass is 9.95. The molecule has 0 fully saturated rings. The van der Waals surface area contributed by atoms with Gasteiger partial charge in [0.05, 0.1) is 5.92 Å². The van der Waals surface area contributed by atoms with Crippen LogP contribution in [0.1, 0.15) is 23.2 Å². The van der Waals surface area contributed by atoms with Crippen molar-refractivity contribution in [3.05, 3.63) is 42.5 Å². The quantitative estimate of drug-likeness (QED) is 0.464. The van der Waals surface area contributed by atoms with Crippen LogP contribution in [0.4, 0.5) is 0 Å². The van der Waals surface area contributed by atoms with E-state index in [9.17, 15) is 9.59 Å². The van der Waals surface area contributed by atoms with E-state index in [1.807, 2.05) is 0 Å². The third-order valence-corrected chi connectivity index (χ3v) is 2.68. The predicted molar refractivity (Wildman–Crippen MR) is 68.6 cm³/mol. The van der Waals surface area contributed by atoms with Gasteiger partial charge in [-0.2, -0.15) is 0 Å². The second-order valence-corrected chi connectivity index (χ2v) is 4.25. The number of benzene rings is 1. The van der Waals surface area contributed by atoms with Gasteiger partial charge in [-0.1, -0.05) is 18.2 Å². The molecule has 0 aliphatic rings. The van der Waals surface area contributed by atoms with E-state index in [0.29, 0.717) is 16.9 Å². The summed E-state index contributed by atoms with van der Waals surface area (Å²) in [6.45, 7) is 3.49. The topological polar surface area (TPSA) is 54.4 Å². The molecule has 0 aromatic heterocycles. The van der Waals surface area contributed by atoms with Gasteiger partial charge in [0, 0.05) is 16.9 Å². The molecule has 0 saturated heterocycles. The van der Waals surface area contributed by atoms with E-state index in [1.165, 1.54) is 6.08 Å². The van der Waals surface area contributed by atoms with Crippen LogP contribution in [0.2, 0.25) is 0 Å². The molecular formula is C13H14O3S. The Bertz CT molecular complexity index is 440. The van der Waals surface area contributed by atoms with Crippen LogP contribution in [0.25, 0.3) is 0 Å². The number of carbonyl (C=O) groups excluding carboxylic acids is 1. The van der Waals surface area contributed by atoms with E-state index in [4.69, 9.17) is 5.11 Å². The van der Waals surface area contributed by atoms with Crippen molar-refractivity contribution in [3.8, 4) is 0 Å². The lowest BCUT2D eigenvalue weighted by Gasteiger charge is -2.09. The number of thiol groups is 1. The van der Waals surface area contributed by atoms with Crippen molar-refractivity contribution in [2.45, 2.75) is 17.7 Å². The molecule has 0 heterocycles. The number of aliphatic carboxylic acids is 1. The van der Waals surface area contributed by atoms with Gasteiger partial charge in [0.25, 0.3) is 0 Å². The number of allylic oxidation sites excluding steroid dienone is 1. The lowest BCUT2D eigenvalue weighted by molar-refractivity contribution is -0.141. The highest BCUT2D eigenvalue weighted by atomic mass is 32.1. The number of rotatable bonds is 6. The Morgan fingerprint density at radius 3 is 2.71 bits per heavy atom. The summed E-state index contributed by atoms with van der Waals surface area (Å²) in [4.78, 5) is 23.4. The van der Waals surface area contributed by atoms with Crippen LogP contribution >= 0.6 is 12.6 Å². The standard InChI is InChI=1S/C13H14O3S/c1-2-4-10(13(15)16)8-12(14)9-5-3-6-11(17)7-9/h2-3,5-7,10,17H,1,4,8H2,(H,15,16). The third-order valence-electron chi connectivity index (χ3n) is 2.40. The smallest absolute Gasteiger partial charge is 0.307 e. The van der Waals surface area contributed by atoms with Gasteiger partial charge in [-0.15, -0.1) is 19.2 Å². The highest BCUT2D eigenvalue weighted by Gasteiger charge is 2.20. The Labute approximate surface area is 106 Å². The first kappa shape index (κ1) is 13.5. The zero-order valence-electron chi connectivity index (χ0n) is 9.30. The molecule has 0 radical (unpaired) electrons. The molecule has 4 heteroatoms. The van der Waals surface area contributed by atoms with Crippen LogP contribution in [-0.4, -0.2) is 16.9 Å². The van der Waals surface area contributed by atoms with Crippen LogP contribution in [-0.2, 0) is 4.79 Å². The molecule has 1 rings (SSSR count). The fourth-order valence-corrected chi connectivity index (χ4v) is 1.72. The van der Waals surface area contributed by atoms with Crippen LogP contribution in [0, 0.1) is 5.92 Å². The maximum absolute atomic E-state index is 11.9. The molecule has 1 aromatic rings. The zero-order chi connectivity index (χ0) is 12.8. The van der Waals surface area contributed by atoms with E-state index in [0.717, 1.165) is 0 Å². The summed E-state index contributed by atoms with van der Waals surface area (Å²) < 4.78 is 0. The van der Waals surface area contributed by atoms with Crippen molar-refractivity contribution in [2.24, 2.45) is 5.92 Å². The number of carbonyl (C=O) groups is 2. The van der Waals surface area contributed by atoms with Crippen molar-refractivity contribution in [3.63, 3.8) is 0 Å². The van der Waals surface area contributed by atoms with Gasteiger partial charge in [-0.3, -0.25) is 9.59 Å². The molecule has 0 aliphatic carbocycles. The highest BCUT2D eigenvalue weighted by molar-refractivity contribution is 7.80. The molecule has 0 amide bonds. The fourth-order valence-electron chi connectivity index (χ4n) is 1.49. The largest absolute Gasteiger partial charge is 0.481 e. The first-order valence-electron chi connectivity index (χ1n) is 5.20. The van der Waals surface area contributed by atoms with Crippen LogP contribution < -0.4 is 0 Å². The van der Waals surface area contributed by atoms with E-state index < -0.39 is 11.9 Å². The Balaban J connectivity index is 2.77. The van der Waals surface area contributed by atoms with Crippen molar-refractivity contribution in [1.82, 2.24) is 0 Å². The molecular weight excluding hydrogens is 236 g/mol. The third kappa shape index (κ3) is 4.07. The molecule has 1 N–H and O–H groups in total. The summed E-state index contributed by atoms with van der Waals surface area (Å²) >= 11 is 4.14. The average Bonchev–Trinajstić information content (AvgIpc) is 2.28. The molecule has 1 aromatic carbocycles. The zero-order valence-corrected chi connectivity index (χ0v) is 10.2. The maximum atomic E-state index is 11.9. The predicted octanol–water partition coefficient (Wildman–Crippen LogP) is 2.83. The molecule has 3 nitrogen and oxygen atoms in total. The summed E-state index contributed by atoms with van der Waals surface area (Å²) in [7, 11) is 0. The first-order chi connectivity index (χ1) is 8.04. The maximum Gasteiger partial charge on any atom is 0.307 e. The molecule has 1 unspecified atom stereocenters. The minimum atomic E-state index is -0.972. The molecule has 17 heavy (non-hydrogen) atoms. The molecule has 0 spiro atoms. The monoisotopic (exact) mass is 250 g/mol. The number of hydrogen-bond acceptors (Lipinski definition) is 3. The van der Waals surface area contributed by atoms with E-state index in [-0.39, 0.29) is 12.2 Å². The van der Waals surface area contributed by atoms with Crippen molar-refractivity contribution >= 4 is 24.4 Å². The van der Waals surface area contributed by atoms with Gasteiger partial charge in [0.1, 0.15) is 0 Å². The van der Waals surface area contributed by atoms with Gasteiger partial charge < -0.3 is 5.11 Å². The first-order valence-corrected chi connectivity index (χ1v) is 5.65. The molecule has 90 valence electrons. The summed E-state index contributed by atoms with van der Waals surface area (Å²) in [6.07, 6.45) is 1.79. The molecule has 0 aliphatic heterocycles. The summed E-state index contributed by atoms with van der Waals surface area (Å²) in [6, 6.07) is 6.78. The van der Waals surface area contributed by atoms with Gasteiger partial charge >= 0.3 is 5.97 Å². The summed E-state index contributed by atoms with van der Waals surface area (Å²) in [5.74, 6) is -1.86. The number of carboxylic acids is 1. The van der Waals surface area contributed by atoms with Crippen LogP contribution in [0.5, 0.6) is 0 Å². The summed E-state index contributed by atoms with van der Waals surface area (Å²) in [5, 5.41) is 8.94. The van der Waals surface area contributed by atoms with Gasteiger partial charge in [0.2, 0.25) is 0 Å². The minimum Gasteiger partial charge on any atom is -0.481 e. The SMILES string of the molecule is C=CCC(CC(=O)c1cccc(S)c1)C(=O)O. The minimum absolute atomic E-state index is 0.0153. The van der Waals surface area contributed by atoms with Crippen molar-refractivity contribution < 1.29 is 14.7 Å². The Hall–Kier alpha value is -1.55. The number of hydrogen-bond donors (Lipinski definition) is 2. The summed E-state index contributed by atoms with van der Waals surface area (Å²) in [5.41, 5.74) is 0.493. The Morgan fingerprint density at radius 2 is 2.18 bits per heavy atom. The number of carboxylic acid groups (broad SMARTS) is 1. The second kappa shape index (κ2) is 6.25. The van der Waals surface area contributed by atoms with E-state index in [1.54, 1.807) is 24.3 Å². The van der Waals surface area contributed by atoms with Crippen molar-refractivity contribution in [2.75, 3.05) is 0 Å². The van der Waals surface area contributed by atoms with E-state index >= 15 is 0 Å². The van der Waals surface area contributed by atoms with Crippen LogP contribution in [0.3, 0.4) is 0 Å². The second-order valence-electron chi connectivity index (χ2n) is 3.74. The normalized spacial score (nSPS) is 11.8. The number of ketones is 1. The van der Waals surface area contributed by atoms with Gasteiger partial charge in [-0.05, 0) is 18.6 Å². The van der Waals surface area contributed by atoms with Gasteiger partial charge in [0.15, 0.2) is 5.78 Å². The van der Waals surface area contributed by atoms with Crippen LogP contribution in [0.15, 0.2) is 41.8 Å². The Kier molecular flexibility index (Phi) is 4.97. The van der Waals surface area contributed by atoms with Crippen molar-refractivity contribution in [1.29, 1.82) is 0 Å². The Morgan fingerprint density at radius 1 is 1.47 bits per heavy atom.